The van der Waals surface area contributed by atoms with Crippen LogP contribution >= 0.6 is 11.6 Å². The minimum absolute atomic E-state index is 0.172. The third kappa shape index (κ3) is 3.48. The van der Waals surface area contributed by atoms with Crippen molar-refractivity contribution in [1.82, 2.24) is 15.5 Å². The van der Waals surface area contributed by atoms with Gasteiger partial charge in [-0.1, -0.05) is 53.5 Å². The molecule has 0 aliphatic heterocycles. The molecule has 1 aliphatic carbocycles. The minimum atomic E-state index is -0.172. The van der Waals surface area contributed by atoms with E-state index in [1.807, 2.05) is 30.3 Å². The molecular weight excluding hydrogens is 350 g/mol. The van der Waals surface area contributed by atoms with Gasteiger partial charge < -0.3 is 9.84 Å². The van der Waals surface area contributed by atoms with E-state index in [1.54, 1.807) is 18.2 Å². The van der Waals surface area contributed by atoms with E-state index in [9.17, 15) is 4.79 Å². The Balaban J connectivity index is 1.47. The fourth-order valence-electron chi connectivity index (χ4n) is 2.89. The monoisotopic (exact) mass is 367 g/mol. The summed E-state index contributed by atoms with van der Waals surface area (Å²) in [6.07, 6.45) is 3.42. The molecule has 1 aliphatic rings. The van der Waals surface area contributed by atoms with Crippen LogP contribution in [0.5, 0.6) is 0 Å². The van der Waals surface area contributed by atoms with E-state index < -0.39 is 0 Å². The van der Waals surface area contributed by atoms with E-state index in [0.717, 1.165) is 24.0 Å². The van der Waals surface area contributed by atoms with Crippen LogP contribution in [0, 0.1) is 0 Å². The number of halogens is 1. The van der Waals surface area contributed by atoms with E-state index in [1.165, 1.54) is 6.42 Å². The molecule has 3 aromatic rings. The van der Waals surface area contributed by atoms with Crippen molar-refractivity contribution < 1.29 is 9.32 Å². The van der Waals surface area contributed by atoms with Crippen LogP contribution in [0.15, 0.2) is 53.1 Å². The predicted octanol–water partition coefficient (Wildman–Crippen LogP) is 4.59. The number of nitrogens with one attached hydrogen (secondary N) is 1. The molecule has 0 unspecified atom stereocenters. The highest BCUT2D eigenvalue weighted by Crippen LogP contribution is 2.36. The standard InChI is InChI=1S/C20H18ClN3O2/c21-17-10-2-1-5-16(17)12-22-19(25)15-9-4-8-14(11-15)18-23-20(26-24-18)13-6-3-7-13/h1-2,4-5,8-11,13H,3,6-7,12H2,(H,22,25). The quantitative estimate of drug-likeness (QED) is 0.716. The Morgan fingerprint density at radius 3 is 2.81 bits per heavy atom. The van der Waals surface area contributed by atoms with Crippen LogP contribution in [-0.4, -0.2) is 16.0 Å². The van der Waals surface area contributed by atoms with Gasteiger partial charge in [-0.05, 0) is 36.6 Å². The number of hydrogen-bond donors (Lipinski definition) is 1. The topological polar surface area (TPSA) is 68.0 Å². The van der Waals surface area contributed by atoms with Crippen molar-refractivity contribution in [1.29, 1.82) is 0 Å². The Hall–Kier alpha value is -2.66. The van der Waals surface area contributed by atoms with Crippen LogP contribution in [0.3, 0.4) is 0 Å². The SMILES string of the molecule is O=C(NCc1ccccc1Cl)c1cccc(-c2noc(C3CCC3)n2)c1. The Bertz CT molecular complexity index is 934. The Labute approximate surface area is 156 Å². The third-order valence-electron chi connectivity index (χ3n) is 4.68. The van der Waals surface area contributed by atoms with Crippen LogP contribution in [0.1, 0.15) is 47.0 Å². The van der Waals surface area contributed by atoms with Gasteiger partial charge in [0.25, 0.3) is 5.91 Å². The molecule has 0 radical (unpaired) electrons. The predicted molar refractivity (Wildman–Crippen MR) is 98.9 cm³/mol. The van der Waals surface area contributed by atoms with Gasteiger partial charge in [-0.2, -0.15) is 4.98 Å². The zero-order valence-electron chi connectivity index (χ0n) is 14.1. The molecule has 1 saturated carbocycles. The lowest BCUT2D eigenvalue weighted by Crippen LogP contribution is -2.22. The molecule has 6 heteroatoms. The number of nitrogens with zero attached hydrogens (tertiary/aromatic N) is 2. The first-order chi connectivity index (χ1) is 12.7. The lowest BCUT2D eigenvalue weighted by molar-refractivity contribution is 0.0951. The smallest absolute Gasteiger partial charge is 0.251 e. The van der Waals surface area contributed by atoms with E-state index in [0.29, 0.717) is 34.8 Å². The number of amides is 1. The van der Waals surface area contributed by atoms with Crippen LogP contribution < -0.4 is 5.32 Å². The molecule has 5 nitrogen and oxygen atoms in total. The van der Waals surface area contributed by atoms with E-state index in [2.05, 4.69) is 15.5 Å². The van der Waals surface area contributed by atoms with Crippen LogP contribution in [0.25, 0.3) is 11.4 Å². The largest absolute Gasteiger partial charge is 0.348 e. The van der Waals surface area contributed by atoms with Gasteiger partial charge in [-0.15, -0.1) is 0 Å². The van der Waals surface area contributed by atoms with Crippen molar-refractivity contribution in [3.63, 3.8) is 0 Å². The molecule has 1 aromatic heterocycles. The lowest BCUT2D eigenvalue weighted by atomic mass is 9.85. The van der Waals surface area contributed by atoms with E-state index in [4.69, 9.17) is 16.1 Å². The van der Waals surface area contributed by atoms with Gasteiger partial charge in [0.1, 0.15) is 0 Å². The van der Waals surface area contributed by atoms with Gasteiger partial charge in [-0.25, -0.2) is 0 Å². The maximum Gasteiger partial charge on any atom is 0.251 e. The number of hydrogen-bond acceptors (Lipinski definition) is 4. The third-order valence-corrected chi connectivity index (χ3v) is 5.05. The molecule has 0 bridgehead atoms. The highest BCUT2D eigenvalue weighted by Gasteiger charge is 2.25. The average Bonchev–Trinajstić information content (AvgIpc) is 3.09. The van der Waals surface area contributed by atoms with Crippen LogP contribution in [0.4, 0.5) is 0 Å². The zero-order valence-corrected chi connectivity index (χ0v) is 14.9. The summed E-state index contributed by atoms with van der Waals surface area (Å²) in [5, 5.41) is 7.58. The van der Waals surface area contributed by atoms with Crippen molar-refractivity contribution in [2.24, 2.45) is 0 Å². The minimum Gasteiger partial charge on any atom is -0.348 e. The fraction of sp³-hybridized carbons (Fsp3) is 0.250. The second-order valence-electron chi connectivity index (χ2n) is 6.44. The van der Waals surface area contributed by atoms with Crippen molar-refractivity contribution in [3.05, 3.63) is 70.6 Å². The molecule has 1 heterocycles. The van der Waals surface area contributed by atoms with Gasteiger partial charge in [-0.3, -0.25) is 4.79 Å². The molecule has 0 saturated heterocycles. The number of carbonyl (C=O) groups is 1. The van der Waals surface area contributed by atoms with Gasteiger partial charge in [0.2, 0.25) is 11.7 Å². The van der Waals surface area contributed by atoms with Crippen molar-refractivity contribution in [2.75, 3.05) is 0 Å². The Morgan fingerprint density at radius 1 is 1.19 bits per heavy atom. The summed E-state index contributed by atoms with van der Waals surface area (Å²) in [7, 11) is 0. The molecule has 1 fully saturated rings. The molecule has 1 amide bonds. The van der Waals surface area contributed by atoms with Gasteiger partial charge >= 0.3 is 0 Å². The Kier molecular flexibility index (Phi) is 4.71. The van der Waals surface area contributed by atoms with Gasteiger partial charge in [0.15, 0.2) is 0 Å². The van der Waals surface area contributed by atoms with Crippen LogP contribution in [-0.2, 0) is 6.54 Å². The summed E-state index contributed by atoms with van der Waals surface area (Å²) in [4.78, 5) is 16.9. The van der Waals surface area contributed by atoms with Crippen molar-refractivity contribution in [2.45, 2.75) is 31.7 Å². The number of aromatic nitrogens is 2. The number of benzene rings is 2. The second-order valence-corrected chi connectivity index (χ2v) is 6.85. The first-order valence-corrected chi connectivity index (χ1v) is 9.04. The summed E-state index contributed by atoms with van der Waals surface area (Å²) in [5.41, 5.74) is 2.19. The Morgan fingerprint density at radius 2 is 2.04 bits per heavy atom. The highest BCUT2D eigenvalue weighted by atomic mass is 35.5. The first-order valence-electron chi connectivity index (χ1n) is 8.66. The van der Waals surface area contributed by atoms with Crippen LogP contribution in [0.2, 0.25) is 5.02 Å². The van der Waals surface area contributed by atoms with Gasteiger partial charge in [0, 0.05) is 28.6 Å². The molecule has 1 N–H and O–H groups in total. The lowest BCUT2D eigenvalue weighted by Gasteiger charge is -2.20. The fourth-order valence-corrected chi connectivity index (χ4v) is 3.09. The molecule has 26 heavy (non-hydrogen) atoms. The first kappa shape index (κ1) is 16.8. The summed E-state index contributed by atoms with van der Waals surface area (Å²) in [6, 6.07) is 14.7. The zero-order chi connectivity index (χ0) is 17.9. The van der Waals surface area contributed by atoms with E-state index in [-0.39, 0.29) is 5.91 Å². The molecule has 0 spiro atoms. The van der Waals surface area contributed by atoms with Gasteiger partial charge in [0.05, 0.1) is 0 Å². The molecular formula is C20H18ClN3O2. The maximum atomic E-state index is 12.5. The van der Waals surface area contributed by atoms with Crippen molar-refractivity contribution in [3.8, 4) is 11.4 Å². The molecule has 4 rings (SSSR count). The highest BCUT2D eigenvalue weighted by molar-refractivity contribution is 6.31. The van der Waals surface area contributed by atoms with Crippen molar-refractivity contribution >= 4 is 17.5 Å². The molecule has 0 atom stereocenters. The summed E-state index contributed by atoms with van der Waals surface area (Å²) < 4.78 is 5.37. The normalized spacial score (nSPS) is 14.0. The summed E-state index contributed by atoms with van der Waals surface area (Å²) >= 11 is 6.13. The molecule has 132 valence electrons. The van der Waals surface area contributed by atoms with E-state index >= 15 is 0 Å². The molecule has 2 aromatic carbocycles. The number of rotatable bonds is 5. The second kappa shape index (κ2) is 7.30. The maximum absolute atomic E-state index is 12.5. The number of carbonyl (C=O) groups excluding carboxylic acids is 1. The average molecular weight is 368 g/mol. The summed E-state index contributed by atoms with van der Waals surface area (Å²) in [6.45, 7) is 0.372. The summed E-state index contributed by atoms with van der Waals surface area (Å²) in [5.74, 6) is 1.43.